The molecule has 0 unspecified atom stereocenters. The molecule has 106 valence electrons. The van der Waals surface area contributed by atoms with Gasteiger partial charge in [-0.15, -0.1) is 11.3 Å². The van der Waals surface area contributed by atoms with Gasteiger partial charge in [0.2, 0.25) is 0 Å². The van der Waals surface area contributed by atoms with Crippen molar-refractivity contribution in [1.82, 2.24) is 15.3 Å². The third kappa shape index (κ3) is 4.20. The van der Waals surface area contributed by atoms with E-state index < -0.39 is 0 Å². The van der Waals surface area contributed by atoms with Gasteiger partial charge in [-0.25, -0.2) is 9.98 Å². The zero-order valence-electron chi connectivity index (χ0n) is 11.2. The van der Waals surface area contributed by atoms with Crippen molar-refractivity contribution in [2.24, 2.45) is 10.7 Å². The molecule has 0 bridgehead atoms. The predicted molar refractivity (Wildman–Crippen MR) is 80.9 cm³/mol. The van der Waals surface area contributed by atoms with Crippen LogP contribution in [0.5, 0.6) is 0 Å². The highest BCUT2D eigenvalue weighted by molar-refractivity contribution is 7.09. The van der Waals surface area contributed by atoms with Gasteiger partial charge in [0.1, 0.15) is 5.82 Å². The van der Waals surface area contributed by atoms with E-state index in [1.165, 1.54) is 11.1 Å². The zero-order chi connectivity index (χ0) is 14.4. The number of rotatable bonds is 5. The molecule has 0 saturated carbocycles. The van der Waals surface area contributed by atoms with Crippen molar-refractivity contribution >= 4 is 17.3 Å². The first-order chi connectivity index (χ1) is 9.65. The molecule has 2 heterocycles. The Morgan fingerprint density at radius 2 is 2.45 bits per heavy atom. The molecule has 0 aromatic carbocycles. The Hall–Kier alpha value is -2.15. The van der Waals surface area contributed by atoms with Crippen molar-refractivity contribution in [3.8, 4) is 0 Å². The number of hydrogen-bond donors (Lipinski definition) is 3. The molecule has 0 spiro atoms. The Morgan fingerprint density at radius 3 is 3.15 bits per heavy atom. The second-order valence-electron chi connectivity index (χ2n) is 4.28. The molecule has 2 aromatic heterocycles. The van der Waals surface area contributed by atoms with E-state index in [9.17, 15) is 4.79 Å². The van der Waals surface area contributed by atoms with Crippen LogP contribution in [0.1, 0.15) is 16.3 Å². The summed E-state index contributed by atoms with van der Waals surface area (Å²) in [5.74, 6) is 0.923. The molecule has 0 aliphatic rings. The summed E-state index contributed by atoms with van der Waals surface area (Å²) in [4.78, 5) is 23.7. The maximum absolute atomic E-state index is 11.6. The van der Waals surface area contributed by atoms with Crippen LogP contribution < -0.4 is 16.6 Å². The van der Waals surface area contributed by atoms with Crippen molar-refractivity contribution in [1.29, 1.82) is 0 Å². The van der Waals surface area contributed by atoms with Crippen LogP contribution >= 0.6 is 11.3 Å². The number of hydrogen-bond acceptors (Lipinski definition) is 4. The van der Waals surface area contributed by atoms with Gasteiger partial charge in [-0.05, 0) is 24.8 Å². The minimum atomic E-state index is -0.173. The Kier molecular flexibility index (Phi) is 4.89. The van der Waals surface area contributed by atoms with Gasteiger partial charge in [-0.3, -0.25) is 4.79 Å². The fourth-order valence-electron chi connectivity index (χ4n) is 1.62. The first-order valence-electron chi connectivity index (χ1n) is 6.26. The van der Waals surface area contributed by atoms with Crippen LogP contribution in [-0.2, 0) is 13.0 Å². The minimum absolute atomic E-state index is 0.173. The summed E-state index contributed by atoms with van der Waals surface area (Å²) in [5.41, 5.74) is 6.08. The quantitative estimate of drug-likeness (QED) is 0.560. The maximum Gasteiger partial charge on any atom is 0.255 e. The number of guanidine groups is 1. The van der Waals surface area contributed by atoms with E-state index >= 15 is 0 Å². The predicted octanol–water partition coefficient (Wildman–Crippen LogP) is 0.787. The normalized spacial score (nSPS) is 11.6. The summed E-state index contributed by atoms with van der Waals surface area (Å²) in [7, 11) is 0. The number of H-pyrrole nitrogens is 1. The molecule has 2 rings (SSSR count). The molecular formula is C13H17N5OS. The molecule has 2 aromatic rings. The van der Waals surface area contributed by atoms with Gasteiger partial charge in [-0.2, -0.15) is 0 Å². The molecule has 0 fully saturated rings. The lowest BCUT2D eigenvalue weighted by Crippen LogP contribution is -2.33. The number of nitrogens with zero attached hydrogens (tertiary/aromatic N) is 2. The number of aryl methyl sites for hydroxylation is 1. The van der Waals surface area contributed by atoms with Gasteiger partial charge in [0.05, 0.1) is 12.1 Å². The van der Waals surface area contributed by atoms with Crippen LogP contribution in [0.25, 0.3) is 0 Å². The van der Waals surface area contributed by atoms with Gasteiger partial charge < -0.3 is 16.0 Å². The Balaban J connectivity index is 1.82. The highest BCUT2D eigenvalue weighted by Crippen LogP contribution is 2.07. The van der Waals surface area contributed by atoms with Crippen LogP contribution in [0.3, 0.4) is 0 Å². The SMILES string of the molecule is Cc1ncc(CN=C(N)NCCc2cccs2)c(=O)[nH]1. The van der Waals surface area contributed by atoms with Gasteiger partial charge in [0.25, 0.3) is 5.56 Å². The summed E-state index contributed by atoms with van der Waals surface area (Å²) >= 11 is 1.71. The standard InChI is InChI=1S/C13H17N5OS/c1-9-16-7-10(12(19)18-9)8-17-13(14)15-5-4-11-3-2-6-20-11/h2-3,6-7H,4-5,8H2,1H3,(H3,14,15,17)(H,16,18,19). The highest BCUT2D eigenvalue weighted by Gasteiger charge is 2.00. The molecular weight excluding hydrogens is 274 g/mol. The molecule has 4 N–H and O–H groups in total. The van der Waals surface area contributed by atoms with E-state index in [-0.39, 0.29) is 12.1 Å². The third-order valence-electron chi connectivity index (χ3n) is 2.68. The monoisotopic (exact) mass is 291 g/mol. The third-order valence-corrected chi connectivity index (χ3v) is 3.61. The van der Waals surface area contributed by atoms with E-state index in [4.69, 9.17) is 5.73 Å². The van der Waals surface area contributed by atoms with E-state index in [1.807, 2.05) is 11.4 Å². The number of aliphatic imine (C=N–C) groups is 1. The highest BCUT2D eigenvalue weighted by atomic mass is 32.1. The average molecular weight is 291 g/mol. The van der Waals surface area contributed by atoms with Crippen molar-refractivity contribution in [3.05, 3.63) is 50.3 Å². The van der Waals surface area contributed by atoms with E-state index in [0.29, 0.717) is 17.3 Å². The summed E-state index contributed by atoms with van der Waals surface area (Å²) < 4.78 is 0. The molecule has 0 aliphatic carbocycles. The van der Waals surface area contributed by atoms with Gasteiger partial charge in [0.15, 0.2) is 5.96 Å². The Morgan fingerprint density at radius 1 is 1.60 bits per heavy atom. The molecule has 7 heteroatoms. The fraction of sp³-hybridized carbons (Fsp3) is 0.308. The van der Waals surface area contributed by atoms with Crippen molar-refractivity contribution < 1.29 is 0 Å². The number of aromatic nitrogens is 2. The lowest BCUT2D eigenvalue weighted by atomic mass is 10.3. The summed E-state index contributed by atoms with van der Waals surface area (Å²) in [6.45, 7) is 2.67. The maximum atomic E-state index is 11.6. The summed E-state index contributed by atoms with van der Waals surface area (Å²) in [5, 5.41) is 5.07. The fourth-order valence-corrected chi connectivity index (χ4v) is 2.33. The smallest absolute Gasteiger partial charge is 0.255 e. The topological polar surface area (TPSA) is 96.2 Å². The minimum Gasteiger partial charge on any atom is -0.370 e. The summed E-state index contributed by atoms with van der Waals surface area (Å²) in [6, 6.07) is 4.10. The molecule has 0 aliphatic heterocycles. The van der Waals surface area contributed by atoms with Crippen LogP contribution in [0, 0.1) is 6.92 Å². The van der Waals surface area contributed by atoms with Gasteiger partial charge >= 0.3 is 0 Å². The number of aromatic amines is 1. The van der Waals surface area contributed by atoms with Gasteiger partial charge in [0, 0.05) is 17.6 Å². The van der Waals surface area contributed by atoms with E-state index in [0.717, 1.165) is 13.0 Å². The van der Waals surface area contributed by atoms with Crippen LogP contribution in [0.4, 0.5) is 0 Å². The summed E-state index contributed by atoms with van der Waals surface area (Å²) in [6.07, 6.45) is 2.43. The van der Waals surface area contributed by atoms with Crippen LogP contribution in [0.15, 0.2) is 33.5 Å². The lowest BCUT2D eigenvalue weighted by molar-refractivity contribution is 0.852. The number of nitrogens with one attached hydrogen (secondary N) is 2. The first-order valence-corrected chi connectivity index (χ1v) is 7.14. The molecule has 0 atom stereocenters. The lowest BCUT2D eigenvalue weighted by Gasteiger charge is -2.04. The van der Waals surface area contributed by atoms with Crippen molar-refractivity contribution in [2.45, 2.75) is 19.9 Å². The number of nitrogens with two attached hydrogens (primary N) is 1. The number of thiophene rings is 1. The van der Waals surface area contributed by atoms with E-state index in [1.54, 1.807) is 18.3 Å². The van der Waals surface area contributed by atoms with Crippen molar-refractivity contribution in [2.75, 3.05) is 6.54 Å². The first kappa shape index (κ1) is 14.3. The molecule has 0 saturated heterocycles. The Labute approximate surface area is 120 Å². The molecule has 0 amide bonds. The molecule has 20 heavy (non-hydrogen) atoms. The second-order valence-corrected chi connectivity index (χ2v) is 5.31. The average Bonchev–Trinajstić information content (AvgIpc) is 2.91. The second kappa shape index (κ2) is 6.85. The van der Waals surface area contributed by atoms with Crippen LogP contribution in [-0.4, -0.2) is 22.5 Å². The largest absolute Gasteiger partial charge is 0.370 e. The van der Waals surface area contributed by atoms with Gasteiger partial charge in [-0.1, -0.05) is 6.07 Å². The van der Waals surface area contributed by atoms with E-state index in [2.05, 4.69) is 26.3 Å². The molecule has 6 nitrogen and oxygen atoms in total. The zero-order valence-corrected chi connectivity index (χ0v) is 12.0. The van der Waals surface area contributed by atoms with Crippen LogP contribution in [0.2, 0.25) is 0 Å². The Bertz CT molecular complexity index is 632. The van der Waals surface area contributed by atoms with Crippen molar-refractivity contribution in [3.63, 3.8) is 0 Å². The molecule has 0 radical (unpaired) electrons.